The average molecular weight is 482 g/mol. The van der Waals surface area contributed by atoms with Crippen molar-refractivity contribution in [2.45, 2.75) is 120 Å². The van der Waals surface area contributed by atoms with Crippen LogP contribution in [-0.4, -0.2) is 37.3 Å². The summed E-state index contributed by atoms with van der Waals surface area (Å²) >= 11 is 10.5. The van der Waals surface area contributed by atoms with Crippen LogP contribution in [-0.2, 0) is 9.16 Å². The van der Waals surface area contributed by atoms with Gasteiger partial charge in [0.1, 0.15) is 0 Å². The standard InChI is InChI=1S/C22H42BrClO2Si/c1-8-19(23)21-13-9-10-14-22(26-21)20(24)12-11-15-25-27(16(2)3,17(4)5)18(6)7/h9-10,16-22H,8,11-15H2,1-7H3/t19-,20+,21-,22+/m0/s1. The van der Waals surface area contributed by atoms with Crippen molar-refractivity contribution in [2.75, 3.05) is 6.61 Å². The molecule has 0 saturated carbocycles. The lowest BCUT2D eigenvalue weighted by atomic mass is 10.1. The summed E-state index contributed by atoms with van der Waals surface area (Å²) in [4.78, 5) is 0.393. The highest BCUT2D eigenvalue weighted by atomic mass is 79.9. The molecule has 1 aliphatic rings. The highest BCUT2D eigenvalue weighted by Gasteiger charge is 2.44. The fraction of sp³-hybridized carbons (Fsp3) is 0.909. The van der Waals surface area contributed by atoms with Crippen molar-refractivity contribution in [1.29, 1.82) is 0 Å². The van der Waals surface area contributed by atoms with Crippen LogP contribution < -0.4 is 0 Å². The van der Waals surface area contributed by atoms with Gasteiger partial charge in [-0.3, -0.25) is 0 Å². The highest BCUT2D eigenvalue weighted by Crippen LogP contribution is 2.42. The summed E-state index contributed by atoms with van der Waals surface area (Å²) in [7, 11) is -1.77. The SMILES string of the molecule is CC[C@H](Br)[C@@H]1CC=CC[C@H]([C@H](Cl)CCCO[Si](C(C)C)(C(C)C)C(C)C)O1. The molecule has 0 aromatic rings. The van der Waals surface area contributed by atoms with Gasteiger partial charge in [-0.05, 0) is 48.7 Å². The summed E-state index contributed by atoms with van der Waals surface area (Å²) in [5.74, 6) is 0. The quantitative estimate of drug-likeness (QED) is 0.129. The van der Waals surface area contributed by atoms with Crippen LogP contribution in [0.1, 0.15) is 80.6 Å². The van der Waals surface area contributed by atoms with Crippen molar-refractivity contribution < 1.29 is 9.16 Å². The lowest BCUT2D eigenvalue weighted by Crippen LogP contribution is -2.48. The lowest BCUT2D eigenvalue weighted by Gasteiger charge is -2.42. The normalized spacial score (nSPS) is 23.9. The van der Waals surface area contributed by atoms with E-state index >= 15 is 0 Å². The van der Waals surface area contributed by atoms with Crippen LogP contribution in [0.5, 0.6) is 0 Å². The molecule has 0 radical (unpaired) electrons. The Labute approximate surface area is 183 Å². The summed E-state index contributed by atoms with van der Waals surface area (Å²) in [6.45, 7) is 17.1. The smallest absolute Gasteiger partial charge is 0.200 e. The van der Waals surface area contributed by atoms with Gasteiger partial charge in [0, 0.05) is 11.4 Å². The second-order valence-electron chi connectivity index (χ2n) is 8.90. The fourth-order valence-electron chi connectivity index (χ4n) is 4.74. The maximum Gasteiger partial charge on any atom is 0.200 e. The second-order valence-corrected chi connectivity index (χ2v) is 16.1. The van der Waals surface area contributed by atoms with Gasteiger partial charge >= 0.3 is 0 Å². The number of alkyl halides is 2. The molecule has 0 saturated heterocycles. The molecule has 0 aliphatic carbocycles. The van der Waals surface area contributed by atoms with Gasteiger partial charge in [0.15, 0.2) is 8.32 Å². The first kappa shape index (κ1) is 25.7. The first-order valence-electron chi connectivity index (χ1n) is 10.9. The molecule has 0 aromatic carbocycles. The molecule has 0 unspecified atom stereocenters. The van der Waals surface area contributed by atoms with Gasteiger partial charge in [0.25, 0.3) is 0 Å². The molecule has 5 heteroatoms. The van der Waals surface area contributed by atoms with Crippen LogP contribution in [0, 0.1) is 0 Å². The molecule has 0 aromatic heterocycles. The van der Waals surface area contributed by atoms with E-state index in [1.54, 1.807) is 0 Å². The van der Waals surface area contributed by atoms with E-state index in [2.05, 4.69) is 76.5 Å². The van der Waals surface area contributed by atoms with E-state index in [-0.39, 0.29) is 17.6 Å². The van der Waals surface area contributed by atoms with Crippen molar-refractivity contribution in [3.8, 4) is 0 Å². The molecule has 0 amide bonds. The zero-order valence-electron chi connectivity index (χ0n) is 18.5. The summed E-state index contributed by atoms with van der Waals surface area (Å²) in [5, 5.41) is 0.0450. The molecule has 27 heavy (non-hydrogen) atoms. The first-order chi connectivity index (χ1) is 12.7. The minimum absolute atomic E-state index is 0.0450. The summed E-state index contributed by atoms with van der Waals surface area (Å²) < 4.78 is 13.0. The van der Waals surface area contributed by atoms with Gasteiger partial charge in [0.05, 0.1) is 17.6 Å². The molecule has 160 valence electrons. The Morgan fingerprint density at radius 1 is 1.04 bits per heavy atom. The zero-order valence-corrected chi connectivity index (χ0v) is 21.9. The minimum Gasteiger partial charge on any atom is -0.416 e. The molecule has 1 rings (SSSR count). The van der Waals surface area contributed by atoms with Crippen LogP contribution in [0.15, 0.2) is 12.2 Å². The van der Waals surface area contributed by atoms with Crippen LogP contribution in [0.3, 0.4) is 0 Å². The molecule has 0 fully saturated rings. The van der Waals surface area contributed by atoms with Gasteiger partial charge in [-0.15, -0.1) is 11.6 Å². The van der Waals surface area contributed by atoms with E-state index in [9.17, 15) is 0 Å². The Morgan fingerprint density at radius 3 is 2.04 bits per heavy atom. The van der Waals surface area contributed by atoms with Crippen LogP contribution in [0.4, 0.5) is 0 Å². The van der Waals surface area contributed by atoms with E-state index in [1.165, 1.54) is 0 Å². The van der Waals surface area contributed by atoms with Crippen molar-refractivity contribution in [3.63, 3.8) is 0 Å². The monoisotopic (exact) mass is 480 g/mol. The highest BCUT2D eigenvalue weighted by molar-refractivity contribution is 9.09. The maximum atomic E-state index is 6.76. The molecule has 1 heterocycles. The maximum absolute atomic E-state index is 6.76. The molecule has 4 atom stereocenters. The van der Waals surface area contributed by atoms with Crippen molar-refractivity contribution in [2.24, 2.45) is 0 Å². The van der Waals surface area contributed by atoms with E-state index in [1.807, 2.05) is 0 Å². The predicted octanol–water partition coefficient (Wildman–Crippen LogP) is 7.84. The van der Waals surface area contributed by atoms with Crippen molar-refractivity contribution in [3.05, 3.63) is 12.2 Å². The lowest BCUT2D eigenvalue weighted by molar-refractivity contribution is -0.00854. The van der Waals surface area contributed by atoms with Crippen molar-refractivity contribution >= 4 is 35.8 Å². The Hall–Kier alpha value is 0.647. The van der Waals surface area contributed by atoms with E-state index < -0.39 is 8.32 Å². The van der Waals surface area contributed by atoms with E-state index in [0.717, 1.165) is 38.7 Å². The third-order valence-corrected chi connectivity index (χ3v) is 14.0. The van der Waals surface area contributed by atoms with Gasteiger partial charge < -0.3 is 9.16 Å². The Balaban J connectivity index is 2.56. The molecular formula is C22H42BrClO2Si. The van der Waals surface area contributed by atoms with Crippen molar-refractivity contribution in [1.82, 2.24) is 0 Å². The third kappa shape index (κ3) is 7.13. The topological polar surface area (TPSA) is 18.5 Å². The average Bonchev–Trinajstić information content (AvgIpc) is 2.86. The number of halogens is 2. The van der Waals surface area contributed by atoms with E-state index in [0.29, 0.717) is 21.5 Å². The Kier molecular flexibility index (Phi) is 11.8. The van der Waals surface area contributed by atoms with Gasteiger partial charge in [-0.25, -0.2) is 0 Å². The largest absolute Gasteiger partial charge is 0.416 e. The molecular weight excluding hydrogens is 440 g/mol. The Morgan fingerprint density at radius 2 is 1.56 bits per heavy atom. The van der Waals surface area contributed by atoms with Crippen LogP contribution in [0.2, 0.25) is 16.6 Å². The Bertz CT molecular complexity index is 420. The van der Waals surface area contributed by atoms with E-state index in [4.69, 9.17) is 20.8 Å². The second kappa shape index (κ2) is 12.4. The third-order valence-electron chi connectivity index (χ3n) is 6.13. The number of hydrogen-bond donors (Lipinski definition) is 0. The van der Waals surface area contributed by atoms with Crippen LogP contribution in [0.25, 0.3) is 0 Å². The first-order valence-corrected chi connectivity index (χ1v) is 14.4. The van der Waals surface area contributed by atoms with Gasteiger partial charge in [-0.2, -0.15) is 0 Å². The summed E-state index contributed by atoms with van der Waals surface area (Å²) in [5.41, 5.74) is 1.89. The molecule has 0 N–H and O–H groups in total. The predicted molar refractivity (Wildman–Crippen MR) is 126 cm³/mol. The minimum atomic E-state index is -1.77. The van der Waals surface area contributed by atoms with Gasteiger partial charge in [0.2, 0.25) is 0 Å². The molecule has 0 bridgehead atoms. The summed E-state index contributed by atoms with van der Waals surface area (Å²) in [6.07, 6.45) is 9.71. The number of ether oxygens (including phenoxy) is 1. The number of rotatable bonds is 11. The fourth-order valence-corrected chi connectivity index (χ4v) is 10.9. The van der Waals surface area contributed by atoms with Crippen LogP contribution >= 0.6 is 27.5 Å². The molecule has 2 nitrogen and oxygen atoms in total. The number of hydrogen-bond acceptors (Lipinski definition) is 2. The van der Waals surface area contributed by atoms with Gasteiger partial charge in [-0.1, -0.05) is 76.5 Å². The summed E-state index contributed by atoms with van der Waals surface area (Å²) in [6, 6.07) is 0. The zero-order chi connectivity index (χ0) is 20.6. The molecule has 0 spiro atoms. The molecule has 1 aliphatic heterocycles.